The Balaban J connectivity index is 2.47. The maximum Gasteiger partial charge on any atom is 0.319 e. The normalized spacial score (nSPS) is 10.9. The molecule has 0 heterocycles. The fraction of sp³-hybridized carbons (Fsp3) is 0.429. The molecule has 1 aromatic carbocycles. The van der Waals surface area contributed by atoms with E-state index in [1.54, 1.807) is 32.0 Å². The lowest BCUT2D eigenvalue weighted by molar-refractivity contribution is -0.138. The van der Waals surface area contributed by atoms with Gasteiger partial charge < -0.3 is 15.2 Å². The molecule has 0 atom stereocenters. The van der Waals surface area contributed by atoms with Crippen LogP contribution in [0.2, 0.25) is 0 Å². The van der Waals surface area contributed by atoms with Crippen LogP contribution in [0.25, 0.3) is 0 Å². The minimum Gasteiger partial charge on any atom is -0.495 e. The van der Waals surface area contributed by atoms with Crippen LogP contribution in [-0.2, 0) is 9.59 Å². The largest absolute Gasteiger partial charge is 0.495 e. The third-order valence-electron chi connectivity index (χ3n) is 2.69. The molecule has 110 valence electrons. The van der Waals surface area contributed by atoms with Crippen molar-refractivity contribution in [1.82, 2.24) is 0 Å². The number of hydrogen-bond donors (Lipinski definition) is 2. The number of amides is 1. The van der Waals surface area contributed by atoms with Gasteiger partial charge in [-0.1, -0.05) is 12.1 Å². The molecular formula is C14H19NO4S. The number of rotatable bonds is 7. The number of aliphatic carboxylic acids is 1. The van der Waals surface area contributed by atoms with Gasteiger partial charge in [-0.3, -0.25) is 9.59 Å². The van der Waals surface area contributed by atoms with Crippen LogP contribution in [-0.4, -0.2) is 34.6 Å². The highest BCUT2D eigenvalue weighted by Gasteiger charge is 2.27. The van der Waals surface area contributed by atoms with Crippen molar-refractivity contribution in [2.75, 3.05) is 18.2 Å². The summed E-state index contributed by atoms with van der Waals surface area (Å²) in [5, 5.41) is 11.7. The van der Waals surface area contributed by atoms with E-state index in [0.29, 0.717) is 17.2 Å². The van der Waals surface area contributed by atoms with Gasteiger partial charge in [0.1, 0.15) is 10.5 Å². The summed E-state index contributed by atoms with van der Waals surface area (Å²) in [5.41, 5.74) is 0.613. The Labute approximate surface area is 122 Å². The minimum atomic E-state index is -0.884. The number of carbonyl (C=O) groups excluding carboxylic acids is 1. The summed E-state index contributed by atoms with van der Waals surface area (Å²) >= 11 is 1.24. The van der Waals surface area contributed by atoms with Gasteiger partial charge in [-0.05, 0) is 26.0 Å². The predicted octanol–water partition coefficient (Wildman–Crippen LogP) is 2.62. The molecule has 2 N–H and O–H groups in total. The average molecular weight is 297 g/mol. The van der Waals surface area contributed by atoms with Crippen LogP contribution in [0.5, 0.6) is 5.75 Å². The second-order valence-electron chi connectivity index (χ2n) is 4.66. The van der Waals surface area contributed by atoms with E-state index in [-0.39, 0.29) is 12.3 Å². The number of carboxylic acid groups (broad SMARTS) is 1. The van der Waals surface area contributed by atoms with Crippen molar-refractivity contribution < 1.29 is 19.4 Å². The molecule has 0 unspecified atom stereocenters. The first-order valence-electron chi connectivity index (χ1n) is 6.17. The molecule has 0 aromatic heterocycles. The van der Waals surface area contributed by atoms with Gasteiger partial charge in [-0.25, -0.2) is 0 Å². The van der Waals surface area contributed by atoms with Crippen LogP contribution in [0.3, 0.4) is 0 Å². The Morgan fingerprint density at radius 2 is 2.00 bits per heavy atom. The highest BCUT2D eigenvalue weighted by atomic mass is 32.2. The van der Waals surface area contributed by atoms with Crippen LogP contribution in [0.1, 0.15) is 20.3 Å². The molecule has 0 bridgehead atoms. The number of benzene rings is 1. The average Bonchev–Trinajstić information content (AvgIpc) is 2.39. The molecule has 0 saturated carbocycles. The smallest absolute Gasteiger partial charge is 0.319 e. The predicted molar refractivity (Wildman–Crippen MR) is 80.4 cm³/mol. The SMILES string of the molecule is COc1ccccc1NC(=O)CCSC(C)(C)C(=O)O. The van der Waals surface area contributed by atoms with Crippen LogP contribution >= 0.6 is 11.8 Å². The first-order valence-corrected chi connectivity index (χ1v) is 7.15. The molecular weight excluding hydrogens is 278 g/mol. The number of thioether (sulfide) groups is 1. The number of carboxylic acids is 1. The fourth-order valence-corrected chi connectivity index (χ4v) is 2.34. The number of anilines is 1. The molecule has 0 aliphatic rings. The molecule has 6 heteroatoms. The van der Waals surface area contributed by atoms with Crippen molar-refractivity contribution in [3.8, 4) is 5.75 Å². The molecule has 1 aromatic rings. The first kappa shape index (κ1) is 16.4. The zero-order chi connectivity index (χ0) is 15.2. The summed E-state index contributed by atoms with van der Waals surface area (Å²) < 4.78 is 4.25. The van der Waals surface area contributed by atoms with Crippen LogP contribution in [0.4, 0.5) is 5.69 Å². The van der Waals surface area contributed by atoms with Crippen molar-refractivity contribution in [2.45, 2.75) is 25.0 Å². The van der Waals surface area contributed by atoms with E-state index in [2.05, 4.69) is 5.32 Å². The maximum atomic E-state index is 11.8. The number of para-hydroxylation sites is 2. The molecule has 0 aliphatic carbocycles. The molecule has 5 nitrogen and oxygen atoms in total. The third-order valence-corrected chi connectivity index (χ3v) is 3.99. The summed E-state index contributed by atoms with van der Waals surface area (Å²) in [7, 11) is 1.54. The lowest BCUT2D eigenvalue weighted by Gasteiger charge is -2.18. The van der Waals surface area contributed by atoms with Gasteiger partial charge in [-0.15, -0.1) is 11.8 Å². The Morgan fingerprint density at radius 1 is 1.35 bits per heavy atom. The molecule has 1 rings (SSSR count). The molecule has 0 aliphatic heterocycles. The molecule has 0 fully saturated rings. The third kappa shape index (κ3) is 4.77. The summed E-state index contributed by atoms with van der Waals surface area (Å²) in [5.74, 6) is -0.00417. The van der Waals surface area contributed by atoms with E-state index in [9.17, 15) is 9.59 Å². The fourth-order valence-electron chi connectivity index (χ4n) is 1.42. The number of nitrogens with one attached hydrogen (secondary N) is 1. The van der Waals surface area contributed by atoms with Crippen LogP contribution in [0, 0.1) is 0 Å². The van der Waals surface area contributed by atoms with Crippen molar-refractivity contribution >= 4 is 29.3 Å². The number of hydrogen-bond acceptors (Lipinski definition) is 4. The van der Waals surface area contributed by atoms with E-state index in [1.807, 2.05) is 6.07 Å². The van der Waals surface area contributed by atoms with Crippen molar-refractivity contribution in [3.05, 3.63) is 24.3 Å². The molecule has 0 saturated heterocycles. The molecule has 20 heavy (non-hydrogen) atoms. The van der Waals surface area contributed by atoms with Gasteiger partial charge in [0.15, 0.2) is 0 Å². The van der Waals surface area contributed by atoms with E-state index >= 15 is 0 Å². The van der Waals surface area contributed by atoms with Crippen LogP contribution < -0.4 is 10.1 Å². The van der Waals surface area contributed by atoms with Gasteiger partial charge in [-0.2, -0.15) is 0 Å². The highest BCUT2D eigenvalue weighted by molar-refractivity contribution is 8.01. The summed E-state index contributed by atoms with van der Waals surface area (Å²) in [6.07, 6.45) is 0.249. The number of ether oxygens (including phenoxy) is 1. The van der Waals surface area contributed by atoms with E-state index in [0.717, 1.165) is 0 Å². The van der Waals surface area contributed by atoms with Crippen molar-refractivity contribution in [3.63, 3.8) is 0 Å². The second-order valence-corrected chi connectivity index (χ2v) is 6.38. The zero-order valence-corrected chi connectivity index (χ0v) is 12.6. The van der Waals surface area contributed by atoms with Gasteiger partial charge in [0.25, 0.3) is 0 Å². The van der Waals surface area contributed by atoms with Gasteiger partial charge in [0.2, 0.25) is 5.91 Å². The quantitative estimate of drug-likeness (QED) is 0.809. The first-order chi connectivity index (χ1) is 9.36. The lowest BCUT2D eigenvalue weighted by atomic mass is 10.2. The summed E-state index contributed by atoms with van der Waals surface area (Å²) in [4.78, 5) is 22.7. The minimum absolute atomic E-state index is 0.164. The van der Waals surface area contributed by atoms with E-state index in [4.69, 9.17) is 9.84 Å². The van der Waals surface area contributed by atoms with E-state index in [1.165, 1.54) is 18.9 Å². The standard InChI is InChI=1S/C14H19NO4S/c1-14(2,13(17)18)20-9-8-12(16)15-10-6-4-5-7-11(10)19-3/h4-7H,8-9H2,1-3H3,(H,15,16)(H,17,18). The molecule has 0 spiro atoms. The Hall–Kier alpha value is -1.69. The zero-order valence-electron chi connectivity index (χ0n) is 11.8. The van der Waals surface area contributed by atoms with Gasteiger partial charge in [0, 0.05) is 12.2 Å². The number of carbonyl (C=O) groups is 2. The van der Waals surface area contributed by atoms with Gasteiger partial charge in [0.05, 0.1) is 12.8 Å². The van der Waals surface area contributed by atoms with Crippen molar-refractivity contribution in [2.24, 2.45) is 0 Å². The Bertz CT molecular complexity index is 488. The number of methoxy groups -OCH3 is 1. The Kier molecular flexibility index (Phi) is 5.88. The second kappa shape index (κ2) is 7.19. The Morgan fingerprint density at radius 3 is 2.60 bits per heavy atom. The van der Waals surface area contributed by atoms with Crippen LogP contribution in [0.15, 0.2) is 24.3 Å². The molecule has 1 amide bonds. The van der Waals surface area contributed by atoms with Crippen molar-refractivity contribution in [1.29, 1.82) is 0 Å². The maximum absolute atomic E-state index is 11.8. The van der Waals surface area contributed by atoms with Gasteiger partial charge >= 0.3 is 5.97 Å². The monoisotopic (exact) mass is 297 g/mol. The molecule has 0 radical (unpaired) electrons. The summed E-state index contributed by atoms with van der Waals surface area (Å²) in [6, 6.07) is 7.14. The topological polar surface area (TPSA) is 75.6 Å². The van der Waals surface area contributed by atoms with E-state index < -0.39 is 10.7 Å². The lowest BCUT2D eigenvalue weighted by Crippen LogP contribution is -2.28. The summed E-state index contributed by atoms with van der Waals surface area (Å²) in [6.45, 7) is 3.25. The highest BCUT2D eigenvalue weighted by Crippen LogP contribution is 2.26.